The lowest BCUT2D eigenvalue weighted by molar-refractivity contribution is -0.384. The molecule has 1 aromatic carbocycles. The van der Waals surface area contributed by atoms with Crippen molar-refractivity contribution in [1.29, 1.82) is 0 Å². The number of benzene rings is 1. The molecule has 1 amide bonds. The van der Waals surface area contributed by atoms with Crippen molar-refractivity contribution in [3.63, 3.8) is 0 Å². The highest BCUT2D eigenvalue weighted by Crippen LogP contribution is 2.26. The lowest BCUT2D eigenvalue weighted by Gasteiger charge is -2.07. The molecule has 0 fully saturated rings. The Balaban J connectivity index is 2.35. The van der Waals surface area contributed by atoms with Crippen LogP contribution in [0.15, 0.2) is 36.7 Å². The standard InChI is InChI=1S/C12H7ClFN3O3/c13-9-3-4-15-6-8(9)12(18)16-10-5-7(14)1-2-11(10)17(19)20/h1-6H,(H,16,18). The molecule has 0 aliphatic carbocycles. The third-order valence-corrected chi connectivity index (χ3v) is 2.75. The molecule has 20 heavy (non-hydrogen) atoms. The number of amides is 1. The summed E-state index contributed by atoms with van der Waals surface area (Å²) in [7, 11) is 0. The number of anilines is 1. The number of hydrogen-bond acceptors (Lipinski definition) is 4. The van der Waals surface area contributed by atoms with Crippen molar-refractivity contribution in [2.24, 2.45) is 0 Å². The van der Waals surface area contributed by atoms with Crippen molar-refractivity contribution in [3.8, 4) is 0 Å². The number of pyridine rings is 1. The maximum Gasteiger partial charge on any atom is 0.292 e. The Morgan fingerprint density at radius 1 is 1.40 bits per heavy atom. The molecule has 2 rings (SSSR count). The van der Waals surface area contributed by atoms with Gasteiger partial charge in [-0.25, -0.2) is 4.39 Å². The van der Waals surface area contributed by atoms with E-state index in [1.54, 1.807) is 0 Å². The zero-order valence-corrected chi connectivity index (χ0v) is 10.6. The second-order valence-corrected chi connectivity index (χ2v) is 4.14. The van der Waals surface area contributed by atoms with E-state index in [1.807, 2.05) is 0 Å². The van der Waals surface area contributed by atoms with Crippen molar-refractivity contribution in [3.05, 3.63) is 63.2 Å². The monoisotopic (exact) mass is 295 g/mol. The summed E-state index contributed by atoms with van der Waals surface area (Å²) in [6, 6.07) is 4.16. The summed E-state index contributed by atoms with van der Waals surface area (Å²) in [4.78, 5) is 25.8. The van der Waals surface area contributed by atoms with E-state index in [1.165, 1.54) is 18.5 Å². The van der Waals surface area contributed by atoms with Gasteiger partial charge in [0.05, 0.1) is 15.5 Å². The number of carbonyl (C=O) groups excluding carboxylic acids is 1. The first-order valence-electron chi connectivity index (χ1n) is 5.34. The first-order chi connectivity index (χ1) is 9.49. The Hall–Kier alpha value is -2.54. The number of nitro groups is 1. The molecule has 102 valence electrons. The molecule has 0 aliphatic heterocycles. The van der Waals surface area contributed by atoms with Gasteiger partial charge in [0.2, 0.25) is 0 Å². The van der Waals surface area contributed by atoms with Crippen LogP contribution in [0.25, 0.3) is 0 Å². The van der Waals surface area contributed by atoms with Crippen LogP contribution in [0.1, 0.15) is 10.4 Å². The molecule has 6 nitrogen and oxygen atoms in total. The molecule has 1 aromatic heterocycles. The van der Waals surface area contributed by atoms with E-state index in [0.29, 0.717) is 0 Å². The molecule has 1 N–H and O–H groups in total. The molecule has 0 atom stereocenters. The quantitative estimate of drug-likeness (QED) is 0.696. The van der Waals surface area contributed by atoms with E-state index >= 15 is 0 Å². The highest BCUT2D eigenvalue weighted by molar-refractivity contribution is 6.34. The maximum atomic E-state index is 13.1. The van der Waals surface area contributed by atoms with Gasteiger partial charge in [0, 0.05) is 24.5 Å². The highest BCUT2D eigenvalue weighted by atomic mass is 35.5. The maximum absolute atomic E-state index is 13.1. The fourth-order valence-corrected chi connectivity index (χ4v) is 1.69. The normalized spacial score (nSPS) is 10.1. The summed E-state index contributed by atoms with van der Waals surface area (Å²) in [5.74, 6) is -1.42. The number of nitrogens with one attached hydrogen (secondary N) is 1. The summed E-state index contributed by atoms with van der Waals surface area (Å²) in [5.41, 5.74) is -0.632. The Morgan fingerprint density at radius 3 is 2.80 bits per heavy atom. The Kier molecular flexibility index (Phi) is 3.90. The molecule has 8 heteroatoms. The minimum atomic E-state index is -0.722. The van der Waals surface area contributed by atoms with Gasteiger partial charge in [-0.3, -0.25) is 19.9 Å². The molecule has 0 unspecified atom stereocenters. The van der Waals surface area contributed by atoms with Gasteiger partial charge in [0.25, 0.3) is 11.6 Å². The summed E-state index contributed by atoms with van der Waals surface area (Å²) in [6.07, 6.45) is 2.60. The zero-order valence-electron chi connectivity index (χ0n) is 9.84. The largest absolute Gasteiger partial charge is 0.316 e. The molecule has 0 saturated carbocycles. The van der Waals surface area contributed by atoms with E-state index < -0.39 is 22.3 Å². The minimum absolute atomic E-state index is 0.0349. The minimum Gasteiger partial charge on any atom is -0.316 e. The Bertz CT molecular complexity index is 693. The second-order valence-electron chi connectivity index (χ2n) is 3.73. The average molecular weight is 296 g/mol. The topological polar surface area (TPSA) is 85.1 Å². The average Bonchev–Trinajstić information content (AvgIpc) is 2.38. The van der Waals surface area contributed by atoms with Gasteiger partial charge in [0.1, 0.15) is 11.5 Å². The van der Waals surface area contributed by atoms with Crippen LogP contribution in [-0.2, 0) is 0 Å². The van der Waals surface area contributed by atoms with Crippen molar-refractivity contribution in [2.45, 2.75) is 0 Å². The van der Waals surface area contributed by atoms with Crippen molar-refractivity contribution < 1.29 is 14.1 Å². The molecule has 0 aliphatic rings. The van der Waals surface area contributed by atoms with Gasteiger partial charge in [-0.1, -0.05) is 11.6 Å². The number of rotatable bonds is 3. The van der Waals surface area contributed by atoms with Crippen LogP contribution in [0.3, 0.4) is 0 Å². The summed E-state index contributed by atoms with van der Waals surface area (Å²) < 4.78 is 13.1. The number of aromatic nitrogens is 1. The van der Waals surface area contributed by atoms with Crippen LogP contribution >= 0.6 is 11.6 Å². The second kappa shape index (κ2) is 5.62. The van der Waals surface area contributed by atoms with Gasteiger partial charge in [-0.2, -0.15) is 0 Å². The SMILES string of the molecule is O=C(Nc1cc(F)ccc1[N+](=O)[O-])c1cnccc1Cl. The van der Waals surface area contributed by atoms with Gasteiger partial charge < -0.3 is 5.32 Å². The third kappa shape index (κ3) is 2.89. The van der Waals surface area contributed by atoms with Gasteiger partial charge >= 0.3 is 0 Å². The molecule has 2 aromatic rings. The molecule has 0 spiro atoms. The highest BCUT2D eigenvalue weighted by Gasteiger charge is 2.18. The first-order valence-corrected chi connectivity index (χ1v) is 5.71. The van der Waals surface area contributed by atoms with E-state index in [0.717, 1.165) is 18.2 Å². The van der Waals surface area contributed by atoms with E-state index in [-0.39, 0.29) is 16.3 Å². The van der Waals surface area contributed by atoms with Gasteiger partial charge in [-0.05, 0) is 12.1 Å². The van der Waals surface area contributed by atoms with Crippen LogP contribution in [0.4, 0.5) is 15.8 Å². The van der Waals surface area contributed by atoms with Crippen molar-refractivity contribution in [1.82, 2.24) is 4.98 Å². The number of nitro benzene ring substituents is 1. The number of halogens is 2. The molecule has 0 saturated heterocycles. The van der Waals surface area contributed by atoms with Crippen LogP contribution in [-0.4, -0.2) is 15.8 Å². The van der Waals surface area contributed by atoms with Crippen molar-refractivity contribution >= 4 is 28.9 Å². The van der Waals surface area contributed by atoms with E-state index in [9.17, 15) is 19.3 Å². The summed E-state index contributed by atoms with van der Waals surface area (Å²) >= 11 is 5.81. The van der Waals surface area contributed by atoms with Crippen LogP contribution in [0, 0.1) is 15.9 Å². The molecule has 0 bridgehead atoms. The predicted octanol–water partition coefficient (Wildman–Crippen LogP) is 3.03. The molecule has 1 heterocycles. The Morgan fingerprint density at radius 2 is 2.15 bits per heavy atom. The van der Waals surface area contributed by atoms with Gasteiger partial charge in [0.15, 0.2) is 0 Å². The third-order valence-electron chi connectivity index (χ3n) is 2.42. The fourth-order valence-electron chi connectivity index (χ4n) is 1.50. The van der Waals surface area contributed by atoms with E-state index in [4.69, 9.17) is 11.6 Å². The lowest BCUT2D eigenvalue weighted by Crippen LogP contribution is -2.14. The summed E-state index contributed by atoms with van der Waals surface area (Å²) in [6.45, 7) is 0. The number of nitrogens with zero attached hydrogens (tertiary/aromatic N) is 2. The molecular weight excluding hydrogens is 289 g/mol. The predicted molar refractivity (Wildman–Crippen MR) is 70.3 cm³/mol. The first kappa shape index (κ1) is 13.9. The zero-order chi connectivity index (χ0) is 14.7. The van der Waals surface area contributed by atoms with Crippen LogP contribution in [0.5, 0.6) is 0 Å². The molecular formula is C12H7ClFN3O3. The smallest absolute Gasteiger partial charge is 0.292 e. The number of carbonyl (C=O) groups is 1. The van der Waals surface area contributed by atoms with E-state index in [2.05, 4.69) is 10.3 Å². The van der Waals surface area contributed by atoms with Crippen molar-refractivity contribution in [2.75, 3.05) is 5.32 Å². The number of hydrogen-bond donors (Lipinski definition) is 1. The Labute approximate surface area is 117 Å². The lowest BCUT2D eigenvalue weighted by atomic mass is 10.2. The summed E-state index contributed by atoms with van der Waals surface area (Å²) in [5, 5.41) is 13.2. The molecule has 0 radical (unpaired) electrons. The van der Waals surface area contributed by atoms with Gasteiger partial charge in [-0.15, -0.1) is 0 Å². The fraction of sp³-hybridized carbons (Fsp3) is 0. The van der Waals surface area contributed by atoms with Crippen LogP contribution < -0.4 is 5.32 Å². The van der Waals surface area contributed by atoms with Crippen LogP contribution in [0.2, 0.25) is 5.02 Å².